The van der Waals surface area contributed by atoms with E-state index < -0.39 is 0 Å². The Morgan fingerprint density at radius 1 is 1.10 bits per heavy atom. The summed E-state index contributed by atoms with van der Waals surface area (Å²) in [6.45, 7) is 5.98. The van der Waals surface area contributed by atoms with E-state index in [0.29, 0.717) is 24.1 Å². The van der Waals surface area contributed by atoms with Gasteiger partial charge >= 0.3 is 6.09 Å². The highest BCUT2D eigenvalue weighted by Gasteiger charge is 2.34. The molecule has 2 saturated heterocycles. The normalized spacial score (nSPS) is 20.2. The maximum Gasteiger partial charge on any atom is 0.414 e. The Balaban J connectivity index is 1.26. The number of hydrogen-bond donors (Lipinski definition) is 0. The number of benzene rings is 2. The molecule has 5 nitrogen and oxygen atoms in total. The van der Waals surface area contributed by atoms with Gasteiger partial charge in [-0.25, -0.2) is 4.79 Å². The van der Waals surface area contributed by atoms with E-state index >= 15 is 0 Å². The zero-order valence-corrected chi connectivity index (χ0v) is 19.2. The van der Waals surface area contributed by atoms with Crippen molar-refractivity contribution in [1.29, 1.82) is 0 Å². The van der Waals surface area contributed by atoms with Gasteiger partial charge in [-0.1, -0.05) is 23.2 Å². The number of anilines is 1. The molecule has 1 atom stereocenters. The molecule has 2 heterocycles. The Labute approximate surface area is 193 Å². The smallest absolute Gasteiger partial charge is 0.414 e. The third-order valence-corrected chi connectivity index (χ3v) is 6.64. The van der Waals surface area contributed by atoms with Crippen molar-refractivity contribution in [3.05, 3.63) is 58.1 Å². The van der Waals surface area contributed by atoms with Gasteiger partial charge in [0.1, 0.15) is 11.9 Å². The molecule has 0 aliphatic carbocycles. The summed E-state index contributed by atoms with van der Waals surface area (Å²) in [5, 5.41) is 1.47. The molecule has 1 unspecified atom stereocenters. The molecule has 2 aliphatic rings. The first-order chi connectivity index (χ1) is 15.0. The van der Waals surface area contributed by atoms with Crippen molar-refractivity contribution >= 4 is 35.0 Å². The van der Waals surface area contributed by atoms with E-state index in [1.165, 1.54) is 0 Å². The Bertz CT molecular complexity index is 898. The average molecular weight is 463 g/mol. The van der Waals surface area contributed by atoms with Crippen LogP contribution in [0.4, 0.5) is 10.5 Å². The molecule has 0 radical (unpaired) electrons. The lowest BCUT2D eigenvalue weighted by Crippen LogP contribution is -2.40. The molecule has 0 N–H and O–H groups in total. The largest absolute Gasteiger partial charge is 0.494 e. The number of carbonyl (C=O) groups is 1. The standard InChI is InChI=1S/C24H28Cl2N2O3/c1-2-30-21-7-8-23(26)18(14-21)13-17-9-11-27(12-10-17)15-22-16-28(24(29)31-22)20-5-3-19(25)4-6-20/h3-8,14,17,22H,2,9-13,15-16H2,1H3. The van der Waals surface area contributed by atoms with E-state index in [0.717, 1.165) is 60.9 Å². The summed E-state index contributed by atoms with van der Waals surface area (Å²) in [7, 11) is 0. The molecule has 2 fully saturated rings. The fourth-order valence-corrected chi connectivity index (χ4v) is 4.71. The van der Waals surface area contributed by atoms with Crippen molar-refractivity contribution in [1.82, 2.24) is 4.90 Å². The highest BCUT2D eigenvalue weighted by atomic mass is 35.5. The minimum absolute atomic E-state index is 0.114. The summed E-state index contributed by atoms with van der Waals surface area (Å²) in [5.41, 5.74) is 1.98. The van der Waals surface area contributed by atoms with Crippen LogP contribution in [0.2, 0.25) is 10.0 Å². The van der Waals surface area contributed by atoms with Crippen LogP contribution in [-0.4, -0.2) is 49.9 Å². The van der Waals surface area contributed by atoms with Crippen LogP contribution in [-0.2, 0) is 11.2 Å². The minimum atomic E-state index is -0.286. The van der Waals surface area contributed by atoms with Gasteiger partial charge in [-0.05, 0) is 93.2 Å². The summed E-state index contributed by atoms with van der Waals surface area (Å²) in [6.07, 6.45) is 2.78. The summed E-state index contributed by atoms with van der Waals surface area (Å²) in [4.78, 5) is 16.4. The predicted molar refractivity (Wildman–Crippen MR) is 125 cm³/mol. The van der Waals surface area contributed by atoms with Crippen molar-refractivity contribution in [2.75, 3.05) is 37.7 Å². The molecule has 0 saturated carbocycles. The van der Waals surface area contributed by atoms with Gasteiger partial charge in [0.15, 0.2) is 0 Å². The molecule has 31 heavy (non-hydrogen) atoms. The van der Waals surface area contributed by atoms with Gasteiger partial charge in [-0.15, -0.1) is 0 Å². The first kappa shape index (κ1) is 22.3. The monoisotopic (exact) mass is 462 g/mol. The fraction of sp³-hybridized carbons (Fsp3) is 0.458. The molecule has 2 aromatic carbocycles. The molecule has 0 bridgehead atoms. The number of rotatable bonds is 7. The number of halogens is 2. The quantitative estimate of drug-likeness (QED) is 0.531. The second kappa shape index (κ2) is 10.1. The molecular weight excluding hydrogens is 435 g/mol. The van der Waals surface area contributed by atoms with E-state index in [1.54, 1.807) is 17.0 Å². The Morgan fingerprint density at radius 3 is 2.55 bits per heavy atom. The number of cyclic esters (lactones) is 1. The SMILES string of the molecule is CCOc1ccc(Cl)c(CC2CCN(CC3CN(c4ccc(Cl)cc4)C(=O)O3)CC2)c1. The van der Waals surface area contributed by atoms with Crippen LogP contribution in [0.5, 0.6) is 5.75 Å². The lowest BCUT2D eigenvalue weighted by Gasteiger charge is -2.33. The molecule has 7 heteroatoms. The Kier molecular flexibility index (Phi) is 7.26. The summed E-state index contributed by atoms with van der Waals surface area (Å²) in [6, 6.07) is 13.2. The number of carbonyl (C=O) groups excluding carboxylic acids is 1. The molecule has 166 valence electrons. The van der Waals surface area contributed by atoms with Crippen LogP contribution in [0, 0.1) is 5.92 Å². The van der Waals surface area contributed by atoms with Crippen LogP contribution in [0.15, 0.2) is 42.5 Å². The van der Waals surface area contributed by atoms with Gasteiger partial charge in [0.2, 0.25) is 0 Å². The molecular formula is C24H28Cl2N2O3. The lowest BCUT2D eigenvalue weighted by atomic mass is 9.90. The van der Waals surface area contributed by atoms with Crippen molar-refractivity contribution in [2.45, 2.75) is 32.3 Å². The van der Waals surface area contributed by atoms with E-state index in [-0.39, 0.29) is 12.2 Å². The van der Waals surface area contributed by atoms with Gasteiger partial charge in [0.05, 0.1) is 13.2 Å². The van der Waals surface area contributed by atoms with E-state index in [1.807, 2.05) is 31.2 Å². The van der Waals surface area contributed by atoms with Crippen molar-refractivity contribution in [3.8, 4) is 5.75 Å². The van der Waals surface area contributed by atoms with E-state index in [4.69, 9.17) is 32.7 Å². The van der Waals surface area contributed by atoms with Crippen molar-refractivity contribution < 1.29 is 14.3 Å². The summed E-state index contributed by atoms with van der Waals surface area (Å²) < 4.78 is 11.2. The van der Waals surface area contributed by atoms with Crippen LogP contribution in [0.1, 0.15) is 25.3 Å². The fourth-order valence-electron chi connectivity index (χ4n) is 4.38. The molecule has 2 aliphatic heterocycles. The second-order valence-electron chi connectivity index (χ2n) is 8.23. The average Bonchev–Trinajstić information content (AvgIpc) is 3.12. The molecule has 1 amide bonds. The summed E-state index contributed by atoms with van der Waals surface area (Å²) in [5.74, 6) is 1.48. The van der Waals surface area contributed by atoms with E-state index in [2.05, 4.69) is 11.0 Å². The zero-order valence-electron chi connectivity index (χ0n) is 17.7. The number of amides is 1. The van der Waals surface area contributed by atoms with Gasteiger partial charge in [-0.3, -0.25) is 9.80 Å². The van der Waals surface area contributed by atoms with Gasteiger partial charge in [0.25, 0.3) is 0 Å². The minimum Gasteiger partial charge on any atom is -0.494 e. The molecule has 2 aromatic rings. The number of likely N-dealkylation sites (tertiary alicyclic amines) is 1. The highest BCUT2D eigenvalue weighted by Crippen LogP contribution is 2.29. The third kappa shape index (κ3) is 5.65. The maximum absolute atomic E-state index is 12.3. The van der Waals surface area contributed by atoms with Crippen LogP contribution in [0.25, 0.3) is 0 Å². The Morgan fingerprint density at radius 2 is 1.84 bits per heavy atom. The lowest BCUT2D eigenvalue weighted by molar-refractivity contribution is 0.0914. The Hall–Kier alpha value is -1.95. The molecule has 0 spiro atoms. The molecule has 0 aromatic heterocycles. The topological polar surface area (TPSA) is 42.0 Å². The van der Waals surface area contributed by atoms with Gasteiger partial charge in [0, 0.05) is 22.3 Å². The van der Waals surface area contributed by atoms with Crippen molar-refractivity contribution in [3.63, 3.8) is 0 Å². The van der Waals surface area contributed by atoms with Gasteiger partial charge < -0.3 is 9.47 Å². The second-order valence-corrected chi connectivity index (χ2v) is 9.07. The first-order valence-corrected chi connectivity index (χ1v) is 11.6. The number of hydrogen-bond acceptors (Lipinski definition) is 4. The van der Waals surface area contributed by atoms with Crippen LogP contribution >= 0.6 is 23.2 Å². The number of ether oxygens (including phenoxy) is 2. The van der Waals surface area contributed by atoms with Crippen LogP contribution < -0.4 is 9.64 Å². The zero-order chi connectivity index (χ0) is 21.8. The van der Waals surface area contributed by atoms with E-state index in [9.17, 15) is 4.79 Å². The maximum atomic E-state index is 12.3. The third-order valence-electron chi connectivity index (χ3n) is 6.02. The first-order valence-electron chi connectivity index (χ1n) is 10.9. The highest BCUT2D eigenvalue weighted by molar-refractivity contribution is 6.31. The van der Waals surface area contributed by atoms with Crippen LogP contribution in [0.3, 0.4) is 0 Å². The predicted octanol–water partition coefficient (Wildman–Crippen LogP) is 5.67. The summed E-state index contributed by atoms with van der Waals surface area (Å²) >= 11 is 12.4. The molecule has 4 rings (SSSR count). The van der Waals surface area contributed by atoms with Crippen molar-refractivity contribution in [2.24, 2.45) is 5.92 Å². The van der Waals surface area contributed by atoms with Gasteiger partial charge in [-0.2, -0.15) is 0 Å². The number of nitrogens with zero attached hydrogens (tertiary/aromatic N) is 2. The number of piperidine rings is 1.